The van der Waals surface area contributed by atoms with Crippen LogP contribution in [-0.2, 0) is 0 Å². The summed E-state index contributed by atoms with van der Waals surface area (Å²) in [5.74, 6) is 0. The molecule has 0 aliphatic heterocycles. The van der Waals surface area contributed by atoms with Gasteiger partial charge in [-0.2, -0.15) is 0 Å². The number of rotatable bonds is 11. The van der Waals surface area contributed by atoms with Crippen molar-refractivity contribution in [3.05, 3.63) is 59.1 Å². The molecule has 0 amide bonds. The van der Waals surface area contributed by atoms with Crippen LogP contribution in [0.15, 0.2) is 48.5 Å². The van der Waals surface area contributed by atoms with E-state index in [0.717, 1.165) is 45.2 Å². The van der Waals surface area contributed by atoms with E-state index in [-0.39, 0.29) is 0 Å². The van der Waals surface area contributed by atoms with E-state index in [9.17, 15) is 5.11 Å². The number of fused-ring (bicyclic) bond motifs is 3. The first-order chi connectivity index (χ1) is 14.1. The number of hydrogen-bond acceptors (Lipinski definition) is 2. The van der Waals surface area contributed by atoms with E-state index >= 15 is 0 Å². The summed E-state index contributed by atoms with van der Waals surface area (Å²) in [6.07, 6.45) is 6.90. The summed E-state index contributed by atoms with van der Waals surface area (Å²) in [7, 11) is 0. The molecule has 0 aliphatic rings. The first-order valence-electron chi connectivity index (χ1n) is 11.1. The zero-order valence-corrected chi connectivity index (χ0v) is 18.6. The number of nitrogens with zero attached hydrogens (tertiary/aromatic N) is 1. The molecule has 3 heteroatoms. The number of benzene rings is 3. The van der Waals surface area contributed by atoms with Gasteiger partial charge in [-0.05, 0) is 59.8 Å². The molecule has 0 aromatic heterocycles. The van der Waals surface area contributed by atoms with Crippen LogP contribution in [0.5, 0.6) is 0 Å². The molecular formula is C26H34ClNO. The summed E-state index contributed by atoms with van der Waals surface area (Å²) in [6, 6.07) is 16.5. The molecule has 0 heterocycles. The van der Waals surface area contributed by atoms with Gasteiger partial charge in [-0.3, -0.25) is 0 Å². The lowest BCUT2D eigenvalue weighted by Gasteiger charge is -2.25. The molecule has 0 spiro atoms. The third kappa shape index (κ3) is 5.72. The number of unbranched alkanes of at least 4 members (excludes halogenated alkanes) is 4. The van der Waals surface area contributed by atoms with Crippen molar-refractivity contribution in [3.8, 4) is 0 Å². The lowest BCUT2D eigenvalue weighted by molar-refractivity contribution is 0.110. The third-order valence-electron chi connectivity index (χ3n) is 5.81. The van der Waals surface area contributed by atoms with Gasteiger partial charge < -0.3 is 10.0 Å². The van der Waals surface area contributed by atoms with Gasteiger partial charge in [-0.25, -0.2) is 0 Å². The Morgan fingerprint density at radius 2 is 1.48 bits per heavy atom. The Hall–Kier alpha value is -1.61. The van der Waals surface area contributed by atoms with Gasteiger partial charge in [0.25, 0.3) is 0 Å². The maximum atomic E-state index is 11.0. The average Bonchev–Trinajstić information content (AvgIpc) is 2.74. The van der Waals surface area contributed by atoms with Gasteiger partial charge in [0.15, 0.2) is 0 Å². The Kier molecular flexibility index (Phi) is 8.35. The van der Waals surface area contributed by atoms with Gasteiger partial charge in [0.05, 0.1) is 6.10 Å². The highest BCUT2D eigenvalue weighted by Gasteiger charge is 2.15. The summed E-state index contributed by atoms with van der Waals surface area (Å²) < 4.78 is 0. The van der Waals surface area contributed by atoms with Crippen LogP contribution in [-0.4, -0.2) is 29.6 Å². The van der Waals surface area contributed by atoms with Gasteiger partial charge in [-0.1, -0.05) is 87.5 Å². The van der Waals surface area contributed by atoms with Crippen LogP contribution in [0.4, 0.5) is 0 Å². The van der Waals surface area contributed by atoms with Crippen molar-refractivity contribution in [2.75, 3.05) is 19.6 Å². The van der Waals surface area contributed by atoms with E-state index in [0.29, 0.717) is 6.54 Å². The first kappa shape index (κ1) is 22.1. The molecule has 0 bridgehead atoms. The molecule has 0 radical (unpaired) electrons. The lowest BCUT2D eigenvalue weighted by Crippen LogP contribution is -2.30. The molecule has 0 saturated heterocycles. The molecule has 0 aliphatic carbocycles. The Balaban J connectivity index is 1.81. The van der Waals surface area contributed by atoms with Crippen molar-refractivity contribution in [2.24, 2.45) is 0 Å². The highest BCUT2D eigenvalue weighted by Crippen LogP contribution is 2.33. The van der Waals surface area contributed by atoms with Gasteiger partial charge in [0.2, 0.25) is 0 Å². The SMILES string of the molecule is CCCCCN(CCCCC)C[C@@H](O)c1ccc2cc(Cl)c3ccccc3c2c1. The second kappa shape index (κ2) is 11.0. The molecule has 1 atom stereocenters. The van der Waals surface area contributed by atoms with Crippen molar-refractivity contribution in [2.45, 2.75) is 58.5 Å². The monoisotopic (exact) mass is 411 g/mol. The quantitative estimate of drug-likeness (QED) is 0.263. The van der Waals surface area contributed by atoms with Crippen molar-refractivity contribution in [1.82, 2.24) is 4.90 Å². The lowest BCUT2D eigenvalue weighted by atomic mass is 9.98. The fourth-order valence-corrected chi connectivity index (χ4v) is 4.38. The van der Waals surface area contributed by atoms with Crippen LogP contribution in [0, 0.1) is 0 Å². The van der Waals surface area contributed by atoms with Crippen molar-refractivity contribution >= 4 is 33.1 Å². The zero-order chi connectivity index (χ0) is 20.6. The zero-order valence-electron chi connectivity index (χ0n) is 17.8. The fraction of sp³-hybridized carbons (Fsp3) is 0.462. The minimum Gasteiger partial charge on any atom is -0.387 e. The average molecular weight is 412 g/mol. The van der Waals surface area contributed by atoms with Gasteiger partial charge in [-0.15, -0.1) is 0 Å². The van der Waals surface area contributed by atoms with Crippen LogP contribution < -0.4 is 0 Å². The molecule has 156 valence electrons. The Morgan fingerprint density at radius 1 is 0.828 bits per heavy atom. The predicted molar refractivity (Wildman–Crippen MR) is 127 cm³/mol. The van der Waals surface area contributed by atoms with E-state index in [2.05, 4.69) is 43.0 Å². The predicted octanol–water partition coefficient (Wildman–Crippen LogP) is 7.36. The normalized spacial score (nSPS) is 12.9. The Morgan fingerprint density at radius 3 is 2.14 bits per heavy atom. The highest BCUT2D eigenvalue weighted by molar-refractivity contribution is 6.37. The Labute approximate surface area is 180 Å². The summed E-state index contributed by atoms with van der Waals surface area (Å²) in [5, 5.41) is 16.3. The molecular weight excluding hydrogens is 378 g/mol. The Bertz CT molecular complexity index is 913. The summed E-state index contributed by atoms with van der Waals surface area (Å²) in [6.45, 7) is 7.32. The van der Waals surface area contributed by atoms with E-state index in [1.54, 1.807) is 0 Å². The topological polar surface area (TPSA) is 23.5 Å². The van der Waals surface area contributed by atoms with Gasteiger partial charge >= 0.3 is 0 Å². The number of aliphatic hydroxyl groups excluding tert-OH is 1. The van der Waals surface area contributed by atoms with Crippen molar-refractivity contribution in [1.29, 1.82) is 0 Å². The van der Waals surface area contributed by atoms with Crippen LogP contribution in [0.2, 0.25) is 5.02 Å². The van der Waals surface area contributed by atoms with E-state index in [1.165, 1.54) is 38.5 Å². The molecule has 3 rings (SSSR count). The third-order valence-corrected chi connectivity index (χ3v) is 6.12. The molecule has 2 nitrogen and oxygen atoms in total. The summed E-state index contributed by atoms with van der Waals surface area (Å²) in [4.78, 5) is 2.44. The number of hydrogen-bond donors (Lipinski definition) is 1. The molecule has 0 saturated carbocycles. The molecule has 29 heavy (non-hydrogen) atoms. The summed E-state index contributed by atoms with van der Waals surface area (Å²) in [5.41, 5.74) is 0.987. The highest BCUT2D eigenvalue weighted by atomic mass is 35.5. The minimum atomic E-state index is -0.475. The number of halogens is 1. The molecule has 0 fully saturated rings. The van der Waals surface area contributed by atoms with Crippen molar-refractivity contribution in [3.63, 3.8) is 0 Å². The first-order valence-corrected chi connectivity index (χ1v) is 11.5. The standard InChI is InChI=1S/C26H34ClNO/c1-3-5-9-15-28(16-10-6-4-2)19-26(29)21-14-13-20-18-25(27)23-12-8-7-11-22(23)24(20)17-21/h7-8,11-14,17-18,26,29H,3-6,9-10,15-16,19H2,1-2H3/t26-/m1/s1. The second-order valence-electron chi connectivity index (χ2n) is 8.12. The second-order valence-corrected chi connectivity index (χ2v) is 8.52. The van der Waals surface area contributed by atoms with E-state index in [4.69, 9.17) is 11.6 Å². The maximum Gasteiger partial charge on any atom is 0.0917 e. The largest absolute Gasteiger partial charge is 0.387 e. The van der Waals surface area contributed by atoms with Gasteiger partial charge in [0.1, 0.15) is 0 Å². The summed E-state index contributed by atoms with van der Waals surface area (Å²) >= 11 is 6.47. The van der Waals surface area contributed by atoms with E-state index in [1.807, 2.05) is 24.3 Å². The van der Waals surface area contributed by atoms with Crippen LogP contribution in [0.25, 0.3) is 21.5 Å². The molecule has 1 N–H and O–H groups in total. The van der Waals surface area contributed by atoms with Crippen LogP contribution in [0.3, 0.4) is 0 Å². The molecule has 0 unspecified atom stereocenters. The maximum absolute atomic E-state index is 11.0. The van der Waals surface area contributed by atoms with Crippen LogP contribution in [0.1, 0.15) is 64.0 Å². The van der Waals surface area contributed by atoms with Crippen molar-refractivity contribution < 1.29 is 5.11 Å². The molecule has 3 aromatic carbocycles. The smallest absolute Gasteiger partial charge is 0.0917 e. The van der Waals surface area contributed by atoms with E-state index < -0.39 is 6.10 Å². The molecule has 3 aromatic rings. The fourth-order valence-electron chi connectivity index (χ4n) is 4.10. The van der Waals surface area contributed by atoms with Crippen LogP contribution >= 0.6 is 11.6 Å². The number of aliphatic hydroxyl groups is 1. The minimum absolute atomic E-state index is 0.475. The van der Waals surface area contributed by atoms with Gasteiger partial charge in [0, 0.05) is 17.0 Å².